The lowest BCUT2D eigenvalue weighted by atomic mass is 9.99. The Kier molecular flexibility index (Phi) is 7.14. The molecule has 7 nitrogen and oxygen atoms in total. The molecule has 0 aliphatic carbocycles. The summed E-state index contributed by atoms with van der Waals surface area (Å²) < 4.78 is 38.9. The molecule has 172 valence electrons. The second-order valence-electron chi connectivity index (χ2n) is 7.90. The van der Waals surface area contributed by atoms with Crippen molar-refractivity contribution >= 4 is 39.1 Å². The molecule has 2 aromatic carbocycles. The summed E-state index contributed by atoms with van der Waals surface area (Å²) in [5.41, 5.74) is 0.372. The number of nitrogens with one attached hydrogen (secondary N) is 1. The number of ether oxygens (including phenoxy) is 2. The van der Waals surface area contributed by atoms with E-state index >= 15 is 0 Å². The van der Waals surface area contributed by atoms with Crippen LogP contribution < -0.4 is 14.8 Å². The normalized spacial score (nSPS) is 21.2. The molecular weight excluding hydrogens is 475 g/mol. The maximum atomic E-state index is 13.0. The van der Waals surface area contributed by atoms with E-state index in [0.29, 0.717) is 53.1 Å². The van der Waals surface area contributed by atoms with Gasteiger partial charge < -0.3 is 14.8 Å². The first-order chi connectivity index (χ1) is 15.3. The number of hydrogen-bond acceptors (Lipinski definition) is 5. The Morgan fingerprint density at radius 1 is 1.09 bits per heavy atom. The molecule has 10 heteroatoms. The van der Waals surface area contributed by atoms with Crippen molar-refractivity contribution in [2.75, 3.05) is 26.2 Å². The van der Waals surface area contributed by atoms with Gasteiger partial charge in [-0.15, -0.1) is 0 Å². The Bertz CT molecular complexity index is 1080. The van der Waals surface area contributed by atoms with Crippen LogP contribution in [0.2, 0.25) is 10.0 Å². The Morgan fingerprint density at radius 2 is 1.81 bits per heavy atom. The molecule has 0 radical (unpaired) electrons. The molecule has 1 amide bonds. The number of carbonyl (C=O) groups excluding carboxylic acids is 1. The first-order valence-corrected chi connectivity index (χ1v) is 12.8. The molecule has 0 spiro atoms. The summed E-state index contributed by atoms with van der Waals surface area (Å²) in [6.07, 6.45) is 0.916. The quantitative estimate of drug-likeness (QED) is 0.658. The molecule has 4 rings (SSSR count). The highest BCUT2D eigenvalue weighted by atomic mass is 35.5. The second kappa shape index (κ2) is 9.87. The zero-order chi connectivity index (χ0) is 22.7. The first-order valence-electron chi connectivity index (χ1n) is 10.4. The van der Waals surface area contributed by atoms with Gasteiger partial charge in [-0.05, 0) is 37.1 Å². The van der Waals surface area contributed by atoms with Gasteiger partial charge in [0, 0.05) is 28.7 Å². The molecule has 2 unspecified atom stereocenters. The largest absolute Gasteiger partial charge is 0.486 e. The van der Waals surface area contributed by atoms with E-state index in [4.69, 9.17) is 32.7 Å². The predicted molar refractivity (Wildman–Crippen MR) is 123 cm³/mol. The van der Waals surface area contributed by atoms with E-state index in [2.05, 4.69) is 5.32 Å². The van der Waals surface area contributed by atoms with E-state index in [1.54, 1.807) is 18.2 Å². The summed E-state index contributed by atoms with van der Waals surface area (Å²) in [4.78, 5) is 12.8. The predicted octanol–water partition coefficient (Wildman–Crippen LogP) is 3.49. The number of para-hydroxylation sites is 2. The standard InChI is InChI=1S/C22H24Cl2N2O5S/c23-18-6-3-7-19(24)17(18)14-32(28,29)26-10-4-5-15(12-26)22(27)25-11-16-13-30-20-8-1-2-9-21(20)31-16/h1-3,6-9,15-16H,4-5,10-14H2,(H,25,27). The van der Waals surface area contributed by atoms with Gasteiger partial charge in [-0.3, -0.25) is 4.79 Å². The van der Waals surface area contributed by atoms with Gasteiger partial charge in [0.15, 0.2) is 11.5 Å². The summed E-state index contributed by atoms with van der Waals surface area (Å²) >= 11 is 12.3. The fraction of sp³-hybridized carbons (Fsp3) is 0.409. The summed E-state index contributed by atoms with van der Waals surface area (Å²) in [5.74, 6) is 0.403. The fourth-order valence-electron chi connectivity index (χ4n) is 3.88. The van der Waals surface area contributed by atoms with Crippen LogP contribution >= 0.6 is 23.2 Å². The van der Waals surface area contributed by atoms with Crippen LogP contribution in [0.5, 0.6) is 11.5 Å². The average Bonchev–Trinajstić information content (AvgIpc) is 2.80. The minimum absolute atomic E-state index is 0.126. The van der Waals surface area contributed by atoms with E-state index in [9.17, 15) is 13.2 Å². The number of hydrogen-bond donors (Lipinski definition) is 1. The fourth-order valence-corrected chi connectivity index (χ4v) is 6.24. The van der Waals surface area contributed by atoms with Crippen LogP contribution in [0.25, 0.3) is 0 Å². The number of amides is 1. The first kappa shape index (κ1) is 23.2. The van der Waals surface area contributed by atoms with Crippen molar-refractivity contribution in [3.05, 3.63) is 58.1 Å². The van der Waals surface area contributed by atoms with Crippen molar-refractivity contribution < 1.29 is 22.7 Å². The van der Waals surface area contributed by atoms with Gasteiger partial charge in [-0.2, -0.15) is 0 Å². The number of rotatable bonds is 6. The van der Waals surface area contributed by atoms with Crippen LogP contribution in [0.3, 0.4) is 0 Å². The SMILES string of the molecule is O=C(NCC1COc2ccccc2O1)C1CCCN(S(=O)(=O)Cc2c(Cl)cccc2Cl)C1. The van der Waals surface area contributed by atoms with Crippen LogP contribution in [0.15, 0.2) is 42.5 Å². The van der Waals surface area contributed by atoms with Crippen LogP contribution in [0.1, 0.15) is 18.4 Å². The summed E-state index contributed by atoms with van der Waals surface area (Å²) in [6.45, 7) is 1.11. The van der Waals surface area contributed by atoms with Crippen molar-refractivity contribution in [2.45, 2.75) is 24.7 Å². The van der Waals surface area contributed by atoms with Gasteiger partial charge in [0.2, 0.25) is 15.9 Å². The molecule has 1 saturated heterocycles. The molecular formula is C22H24Cl2N2O5S. The average molecular weight is 499 g/mol. The Hall–Kier alpha value is -2.00. The molecule has 2 atom stereocenters. The minimum atomic E-state index is -3.68. The molecule has 1 N–H and O–H groups in total. The molecule has 0 aromatic heterocycles. The summed E-state index contributed by atoms with van der Waals surface area (Å²) in [6, 6.07) is 12.3. The lowest BCUT2D eigenvalue weighted by Gasteiger charge is -2.32. The number of piperidine rings is 1. The number of benzene rings is 2. The zero-order valence-corrected chi connectivity index (χ0v) is 19.6. The molecule has 0 bridgehead atoms. The van der Waals surface area contributed by atoms with E-state index in [-0.39, 0.29) is 30.9 Å². The number of sulfonamides is 1. The van der Waals surface area contributed by atoms with Crippen LogP contribution in [-0.4, -0.2) is 51.0 Å². The van der Waals surface area contributed by atoms with E-state index in [0.717, 1.165) is 0 Å². The number of carbonyl (C=O) groups is 1. The Labute approximate surface area is 197 Å². The van der Waals surface area contributed by atoms with Gasteiger partial charge >= 0.3 is 0 Å². The maximum absolute atomic E-state index is 13.0. The third-order valence-electron chi connectivity index (χ3n) is 5.61. The number of halogens is 2. The van der Waals surface area contributed by atoms with Gasteiger partial charge in [-0.25, -0.2) is 12.7 Å². The highest BCUT2D eigenvalue weighted by molar-refractivity contribution is 7.88. The van der Waals surface area contributed by atoms with Crippen molar-refractivity contribution in [3.63, 3.8) is 0 Å². The highest BCUT2D eigenvalue weighted by Gasteiger charge is 2.33. The monoisotopic (exact) mass is 498 g/mol. The van der Waals surface area contributed by atoms with Crippen LogP contribution in [-0.2, 0) is 20.6 Å². The second-order valence-corrected chi connectivity index (χ2v) is 10.7. The van der Waals surface area contributed by atoms with E-state index < -0.39 is 15.9 Å². The molecule has 2 aliphatic rings. The van der Waals surface area contributed by atoms with Gasteiger partial charge in [0.1, 0.15) is 12.7 Å². The molecule has 2 aromatic rings. The van der Waals surface area contributed by atoms with Gasteiger partial charge in [0.25, 0.3) is 0 Å². The zero-order valence-electron chi connectivity index (χ0n) is 17.3. The smallest absolute Gasteiger partial charge is 0.224 e. The van der Waals surface area contributed by atoms with Gasteiger partial charge in [-0.1, -0.05) is 41.4 Å². The molecule has 1 fully saturated rings. The Morgan fingerprint density at radius 3 is 2.56 bits per heavy atom. The van der Waals surface area contributed by atoms with Crippen molar-refractivity contribution in [2.24, 2.45) is 5.92 Å². The molecule has 2 aliphatic heterocycles. The minimum Gasteiger partial charge on any atom is -0.486 e. The van der Waals surface area contributed by atoms with E-state index in [1.165, 1.54) is 4.31 Å². The number of fused-ring (bicyclic) bond motifs is 1. The molecule has 0 saturated carbocycles. The van der Waals surface area contributed by atoms with Crippen LogP contribution in [0.4, 0.5) is 0 Å². The lowest BCUT2D eigenvalue weighted by Crippen LogP contribution is -2.48. The van der Waals surface area contributed by atoms with Crippen molar-refractivity contribution in [1.82, 2.24) is 9.62 Å². The van der Waals surface area contributed by atoms with Crippen LogP contribution in [0, 0.1) is 5.92 Å². The topological polar surface area (TPSA) is 84.9 Å². The molecule has 2 heterocycles. The third kappa shape index (κ3) is 5.31. The number of nitrogens with zero attached hydrogens (tertiary/aromatic N) is 1. The van der Waals surface area contributed by atoms with E-state index in [1.807, 2.05) is 24.3 Å². The maximum Gasteiger partial charge on any atom is 0.224 e. The highest BCUT2D eigenvalue weighted by Crippen LogP contribution is 2.31. The van der Waals surface area contributed by atoms with Crippen molar-refractivity contribution in [3.8, 4) is 11.5 Å². The summed E-state index contributed by atoms with van der Waals surface area (Å²) in [5, 5.41) is 3.50. The Balaban J connectivity index is 1.34. The third-order valence-corrected chi connectivity index (χ3v) is 8.09. The summed E-state index contributed by atoms with van der Waals surface area (Å²) in [7, 11) is -3.68. The lowest BCUT2D eigenvalue weighted by molar-refractivity contribution is -0.126. The van der Waals surface area contributed by atoms with Gasteiger partial charge in [0.05, 0.1) is 18.2 Å². The van der Waals surface area contributed by atoms with Crippen molar-refractivity contribution in [1.29, 1.82) is 0 Å². The molecule has 32 heavy (non-hydrogen) atoms.